The summed E-state index contributed by atoms with van der Waals surface area (Å²) in [7, 11) is 1.63. The number of hydrogen-bond acceptors (Lipinski definition) is 4. The Morgan fingerprint density at radius 2 is 1.61 bits per heavy atom. The number of rotatable bonds is 10. The van der Waals surface area contributed by atoms with E-state index in [0.29, 0.717) is 25.4 Å². The van der Waals surface area contributed by atoms with Gasteiger partial charge >= 0.3 is 0 Å². The van der Waals surface area contributed by atoms with E-state index in [0.717, 1.165) is 22.6 Å². The van der Waals surface area contributed by atoms with E-state index in [1.807, 2.05) is 56.3 Å². The van der Waals surface area contributed by atoms with Crippen molar-refractivity contribution in [2.75, 3.05) is 20.3 Å². The molecule has 0 spiro atoms. The van der Waals surface area contributed by atoms with E-state index < -0.39 is 0 Å². The van der Waals surface area contributed by atoms with E-state index >= 15 is 0 Å². The predicted molar refractivity (Wildman–Crippen MR) is 111 cm³/mol. The Labute approximate surface area is 168 Å². The normalized spacial score (nSPS) is 11.8. The molecule has 0 aliphatic carbocycles. The molecule has 5 nitrogen and oxygen atoms in total. The lowest BCUT2D eigenvalue weighted by Gasteiger charge is -2.24. The van der Waals surface area contributed by atoms with Crippen LogP contribution in [-0.2, 0) is 11.2 Å². The van der Waals surface area contributed by atoms with Gasteiger partial charge in [-0.25, -0.2) is 0 Å². The summed E-state index contributed by atoms with van der Waals surface area (Å²) >= 11 is 0. The van der Waals surface area contributed by atoms with Gasteiger partial charge in [-0.3, -0.25) is 4.79 Å². The molecule has 1 atom stereocenters. The highest BCUT2D eigenvalue weighted by Gasteiger charge is 2.20. The van der Waals surface area contributed by atoms with Crippen molar-refractivity contribution in [3.8, 4) is 17.2 Å². The molecule has 2 aromatic rings. The first kappa shape index (κ1) is 21.6. The van der Waals surface area contributed by atoms with Gasteiger partial charge in [0.25, 0.3) is 0 Å². The van der Waals surface area contributed by atoms with Crippen molar-refractivity contribution in [1.29, 1.82) is 0 Å². The average Bonchev–Trinajstić information content (AvgIpc) is 2.68. The topological polar surface area (TPSA) is 56.8 Å². The lowest BCUT2D eigenvalue weighted by molar-refractivity contribution is -0.121. The van der Waals surface area contributed by atoms with Crippen molar-refractivity contribution in [2.24, 2.45) is 5.92 Å². The van der Waals surface area contributed by atoms with Gasteiger partial charge in [0.1, 0.15) is 5.75 Å². The Balaban J connectivity index is 2.15. The lowest BCUT2D eigenvalue weighted by atomic mass is 9.95. The molecule has 0 aliphatic heterocycles. The molecule has 0 aliphatic rings. The molecular formula is C23H31NO4. The van der Waals surface area contributed by atoms with Gasteiger partial charge in [0.2, 0.25) is 5.91 Å². The first-order chi connectivity index (χ1) is 13.5. The van der Waals surface area contributed by atoms with Crippen LogP contribution in [0.5, 0.6) is 17.2 Å². The summed E-state index contributed by atoms with van der Waals surface area (Å²) in [4.78, 5) is 12.6. The number of benzene rings is 2. The van der Waals surface area contributed by atoms with Crippen molar-refractivity contribution in [3.05, 3.63) is 53.6 Å². The third-order valence-electron chi connectivity index (χ3n) is 4.43. The van der Waals surface area contributed by atoms with Gasteiger partial charge in [-0.1, -0.05) is 32.0 Å². The van der Waals surface area contributed by atoms with Gasteiger partial charge in [-0.15, -0.1) is 0 Å². The first-order valence-corrected chi connectivity index (χ1v) is 9.80. The average molecular weight is 386 g/mol. The zero-order valence-corrected chi connectivity index (χ0v) is 17.5. The second kappa shape index (κ2) is 10.6. The van der Waals surface area contributed by atoms with Crippen molar-refractivity contribution in [1.82, 2.24) is 5.32 Å². The summed E-state index contributed by atoms with van der Waals surface area (Å²) in [6.45, 7) is 9.20. The smallest absolute Gasteiger partial charge is 0.224 e. The summed E-state index contributed by atoms with van der Waals surface area (Å²) in [5.74, 6) is 2.42. The maximum Gasteiger partial charge on any atom is 0.224 e. The highest BCUT2D eigenvalue weighted by molar-refractivity contribution is 5.79. The molecule has 0 fully saturated rings. The van der Waals surface area contributed by atoms with E-state index in [1.54, 1.807) is 7.11 Å². The number of ether oxygens (including phenoxy) is 3. The minimum Gasteiger partial charge on any atom is -0.497 e. The highest BCUT2D eigenvalue weighted by atomic mass is 16.5. The van der Waals surface area contributed by atoms with Crippen LogP contribution in [0.3, 0.4) is 0 Å². The van der Waals surface area contributed by atoms with Crippen LogP contribution in [0.4, 0.5) is 0 Å². The Bertz CT molecular complexity index is 756. The molecule has 0 radical (unpaired) electrons. The second-order valence-electron chi connectivity index (χ2n) is 6.89. The monoisotopic (exact) mass is 385 g/mol. The molecule has 2 rings (SSSR count). The highest BCUT2D eigenvalue weighted by Crippen LogP contribution is 2.33. The van der Waals surface area contributed by atoms with Crippen LogP contribution < -0.4 is 19.5 Å². The minimum absolute atomic E-state index is 0.0179. The molecule has 152 valence electrons. The van der Waals surface area contributed by atoms with Gasteiger partial charge in [0.15, 0.2) is 11.5 Å². The van der Waals surface area contributed by atoms with Crippen molar-refractivity contribution >= 4 is 5.91 Å². The maximum absolute atomic E-state index is 12.6. The fraction of sp³-hybridized carbons (Fsp3) is 0.435. The fourth-order valence-electron chi connectivity index (χ4n) is 3.05. The number of amides is 1. The number of nitrogens with one attached hydrogen (secondary N) is 1. The van der Waals surface area contributed by atoms with E-state index in [1.165, 1.54) is 0 Å². The summed E-state index contributed by atoms with van der Waals surface area (Å²) < 4.78 is 16.5. The third-order valence-corrected chi connectivity index (χ3v) is 4.43. The van der Waals surface area contributed by atoms with Crippen LogP contribution >= 0.6 is 0 Å². The zero-order chi connectivity index (χ0) is 20.5. The standard InChI is InChI=1S/C23H31NO4/c1-6-27-20-13-10-18(15-21(20)28-7-2)23(16(3)4)24-22(25)14-17-8-11-19(26-5)12-9-17/h8-13,15-16,23H,6-7,14H2,1-5H3,(H,24,25). The predicted octanol–water partition coefficient (Wildman–Crippen LogP) is 4.55. The summed E-state index contributed by atoms with van der Waals surface area (Å²) in [5.41, 5.74) is 1.95. The molecule has 2 aromatic carbocycles. The van der Waals surface area contributed by atoms with Gasteiger partial charge in [-0.2, -0.15) is 0 Å². The minimum atomic E-state index is -0.111. The van der Waals surface area contributed by atoms with Gasteiger partial charge in [0, 0.05) is 0 Å². The molecule has 0 saturated heterocycles. The molecule has 1 unspecified atom stereocenters. The second-order valence-corrected chi connectivity index (χ2v) is 6.89. The molecule has 5 heteroatoms. The lowest BCUT2D eigenvalue weighted by Crippen LogP contribution is -2.32. The van der Waals surface area contributed by atoms with Crippen molar-refractivity contribution in [2.45, 2.75) is 40.2 Å². The largest absolute Gasteiger partial charge is 0.497 e. The number of hydrogen-bond donors (Lipinski definition) is 1. The molecule has 0 aromatic heterocycles. The Kier molecular flexibility index (Phi) is 8.18. The number of carbonyl (C=O) groups is 1. The van der Waals surface area contributed by atoms with Crippen LogP contribution in [0.15, 0.2) is 42.5 Å². The van der Waals surface area contributed by atoms with Crippen LogP contribution in [0.2, 0.25) is 0 Å². The van der Waals surface area contributed by atoms with E-state index in [-0.39, 0.29) is 17.9 Å². The summed E-state index contributed by atoms with van der Waals surface area (Å²) in [6, 6.07) is 13.3. The molecule has 1 N–H and O–H groups in total. The van der Waals surface area contributed by atoms with E-state index in [9.17, 15) is 4.79 Å². The molecule has 1 amide bonds. The van der Waals surface area contributed by atoms with Gasteiger partial charge < -0.3 is 19.5 Å². The van der Waals surface area contributed by atoms with Crippen LogP contribution in [-0.4, -0.2) is 26.2 Å². The van der Waals surface area contributed by atoms with Gasteiger partial charge in [-0.05, 0) is 55.2 Å². The summed E-state index contributed by atoms with van der Waals surface area (Å²) in [5, 5.41) is 3.16. The SMILES string of the molecule is CCOc1ccc(C(NC(=O)Cc2ccc(OC)cc2)C(C)C)cc1OCC. The number of methoxy groups -OCH3 is 1. The van der Waals surface area contributed by atoms with Gasteiger partial charge in [0.05, 0.1) is 32.8 Å². The van der Waals surface area contributed by atoms with E-state index in [4.69, 9.17) is 14.2 Å². The van der Waals surface area contributed by atoms with Crippen LogP contribution in [0.25, 0.3) is 0 Å². The maximum atomic E-state index is 12.6. The first-order valence-electron chi connectivity index (χ1n) is 9.80. The van der Waals surface area contributed by atoms with E-state index in [2.05, 4.69) is 19.2 Å². The molecular weight excluding hydrogens is 354 g/mol. The Morgan fingerprint density at radius 1 is 0.964 bits per heavy atom. The third kappa shape index (κ3) is 5.91. The molecule has 0 bridgehead atoms. The van der Waals surface area contributed by atoms with Crippen LogP contribution in [0.1, 0.15) is 44.9 Å². The summed E-state index contributed by atoms with van der Waals surface area (Å²) in [6.07, 6.45) is 0.322. The zero-order valence-electron chi connectivity index (χ0n) is 17.5. The molecule has 28 heavy (non-hydrogen) atoms. The van der Waals surface area contributed by atoms with Crippen molar-refractivity contribution < 1.29 is 19.0 Å². The molecule has 0 saturated carbocycles. The Hall–Kier alpha value is -2.69. The van der Waals surface area contributed by atoms with Crippen molar-refractivity contribution in [3.63, 3.8) is 0 Å². The quantitative estimate of drug-likeness (QED) is 0.652. The van der Waals surface area contributed by atoms with Crippen LogP contribution in [0, 0.1) is 5.92 Å². The Morgan fingerprint density at radius 3 is 2.18 bits per heavy atom. The molecule has 0 heterocycles. The fourth-order valence-corrected chi connectivity index (χ4v) is 3.05. The number of carbonyl (C=O) groups excluding carboxylic acids is 1.